The Morgan fingerprint density at radius 1 is 1.24 bits per heavy atom. The van der Waals surface area contributed by atoms with Gasteiger partial charge in [-0.25, -0.2) is 4.98 Å². The highest BCUT2D eigenvalue weighted by Crippen LogP contribution is 2.30. The van der Waals surface area contributed by atoms with E-state index < -0.39 is 0 Å². The van der Waals surface area contributed by atoms with Gasteiger partial charge in [-0.2, -0.15) is 0 Å². The first kappa shape index (κ1) is 14.3. The lowest BCUT2D eigenvalue weighted by molar-refractivity contribution is -0.117. The summed E-state index contributed by atoms with van der Waals surface area (Å²) in [6.45, 7) is 2.16. The monoisotopic (exact) mass is 288 g/mol. The Labute approximate surface area is 125 Å². The molecule has 0 radical (unpaired) electrons. The SMILES string of the molecule is NC1(CC(=O)Nc2ccc(N3CCCC3)nc2)CCCC1. The maximum Gasteiger partial charge on any atom is 0.226 e. The van der Waals surface area contributed by atoms with E-state index in [0.717, 1.165) is 50.3 Å². The van der Waals surface area contributed by atoms with Crippen molar-refractivity contribution >= 4 is 17.4 Å². The van der Waals surface area contributed by atoms with E-state index in [1.54, 1.807) is 6.20 Å². The fraction of sp³-hybridized carbons (Fsp3) is 0.625. The number of hydrogen-bond acceptors (Lipinski definition) is 4. The molecule has 1 saturated carbocycles. The van der Waals surface area contributed by atoms with E-state index in [0.29, 0.717) is 6.42 Å². The molecule has 1 aliphatic carbocycles. The standard InChI is InChI=1S/C16H24N4O/c17-16(7-1-2-8-16)11-15(21)19-13-5-6-14(18-12-13)20-9-3-4-10-20/h5-6,12H,1-4,7-11,17H2,(H,19,21). The van der Waals surface area contributed by atoms with Crippen LogP contribution in [0.5, 0.6) is 0 Å². The zero-order valence-corrected chi connectivity index (χ0v) is 12.5. The Morgan fingerprint density at radius 2 is 1.95 bits per heavy atom. The minimum atomic E-state index is -0.299. The van der Waals surface area contributed by atoms with Crippen molar-refractivity contribution in [2.45, 2.75) is 50.5 Å². The lowest BCUT2D eigenvalue weighted by Crippen LogP contribution is -2.40. The Bertz CT molecular complexity index is 488. The summed E-state index contributed by atoms with van der Waals surface area (Å²) in [7, 11) is 0. The molecule has 5 nitrogen and oxygen atoms in total. The summed E-state index contributed by atoms with van der Waals surface area (Å²) in [6.07, 6.45) is 8.78. The van der Waals surface area contributed by atoms with Crippen molar-refractivity contribution in [1.29, 1.82) is 0 Å². The van der Waals surface area contributed by atoms with E-state index in [1.165, 1.54) is 12.8 Å². The zero-order chi connectivity index (χ0) is 14.7. The van der Waals surface area contributed by atoms with Crippen LogP contribution in [0.25, 0.3) is 0 Å². The second-order valence-corrected chi connectivity index (χ2v) is 6.39. The molecule has 21 heavy (non-hydrogen) atoms. The van der Waals surface area contributed by atoms with Crippen molar-refractivity contribution in [3.63, 3.8) is 0 Å². The Morgan fingerprint density at radius 3 is 2.57 bits per heavy atom. The van der Waals surface area contributed by atoms with Gasteiger partial charge in [0.15, 0.2) is 0 Å². The number of carbonyl (C=O) groups excluding carboxylic acids is 1. The predicted molar refractivity (Wildman–Crippen MR) is 84.3 cm³/mol. The molecule has 5 heteroatoms. The number of rotatable bonds is 4. The van der Waals surface area contributed by atoms with Gasteiger partial charge in [0.25, 0.3) is 0 Å². The molecule has 0 spiro atoms. The summed E-state index contributed by atoms with van der Waals surface area (Å²) in [5, 5.41) is 2.91. The van der Waals surface area contributed by atoms with Crippen LogP contribution in [0.3, 0.4) is 0 Å². The molecule has 0 atom stereocenters. The van der Waals surface area contributed by atoms with Crippen LogP contribution in [0.15, 0.2) is 18.3 Å². The molecule has 1 aromatic heterocycles. The molecule has 2 heterocycles. The maximum absolute atomic E-state index is 12.1. The molecule has 2 fully saturated rings. The first-order chi connectivity index (χ1) is 10.1. The van der Waals surface area contributed by atoms with Crippen LogP contribution >= 0.6 is 0 Å². The van der Waals surface area contributed by atoms with E-state index in [2.05, 4.69) is 15.2 Å². The molecular weight excluding hydrogens is 264 g/mol. The van der Waals surface area contributed by atoms with E-state index in [-0.39, 0.29) is 11.4 Å². The maximum atomic E-state index is 12.1. The lowest BCUT2D eigenvalue weighted by Gasteiger charge is -2.22. The summed E-state index contributed by atoms with van der Waals surface area (Å²) >= 11 is 0. The van der Waals surface area contributed by atoms with Crippen LogP contribution in [0.4, 0.5) is 11.5 Å². The van der Waals surface area contributed by atoms with Crippen LogP contribution in [0.1, 0.15) is 44.9 Å². The Hall–Kier alpha value is -1.62. The first-order valence-corrected chi connectivity index (χ1v) is 7.94. The van der Waals surface area contributed by atoms with Gasteiger partial charge in [0.2, 0.25) is 5.91 Å². The van der Waals surface area contributed by atoms with Gasteiger partial charge < -0.3 is 16.0 Å². The zero-order valence-electron chi connectivity index (χ0n) is 12.5. The Kier molecular flexibility index (Phi) is 4.10. The van der Waals surface area contributed by atoms with Crippen molar-refractivity contribution in [3.05, 3.63) is 18.3 Å². The third kappa shape index (κ3) is 3.53. The van der Waals surface area contributed by atoms with Gasteiger partial charge in [-0.05, 0) is 37.8 Å². The Balaban J connectivity index is 1.55. The van der Waals surface area contributed by atoms with Crippen molar-refractivity contribution in [3.8, 4) is 0 Å². The normalized spacial score (nSPS) is 20.7. The minimum Gasteiger partial charge on any atom is -0.357 e. The van der Waals surface area contributed by atoms with Crippen LogP contribution in [-0.4, -0.2) is 29.5 Å². The van der Waals surface area contributed by atoms with Gasteiger partial charge in [-0.3, -0.25) is 4.79 Å². The lowest BCUT2D eigenvalue weighted by atomic mass is 9.94. The molecule has 3 rings (SSSR count). The second kappa shape index (κ2) is 6.02. The fourth-order valence-electron chi connectivity index (χ4n) is 3.37. The molecule has 0 unspecified atom stereocenters. The highest BCUT2D eigenvalue weighted by atomic mass is 16.1. The summed E-state index contributed by atoms with van der Waals surface area (Å²) in [5.74, 6) is 0.992. The molecular formula is C16H24N4O. The number of nitrogens with one attached hydrogen (secondary N) is 1. The number of hydrogen-bond donors (Lipinski definition) is 2. The molecule has 114 valence electrons. The molecule has 0 bridgehead atoms. The van der Waals surface area contributed by atoms with Crippen LogP contribution in [0.2, 0.25) is 0 Å². The average molecular weight is 288 g/mol. The van der Waals surface area contributed by atoms with E-state index in [4.69, 9.17) is 5.73 Å². The van der Waals surface area contributed by atoms with Gasteiger partial charge >= 0.3 is 0 Å². The van der Waals surface area contributed by atoms with Gasteiger partial charge in [-0.15, -0.1) is 0 Å². The molecule has 1 aromatic rings. The van der Waals surface area contributed by atoms with Crippen molar-refractivity contribution < 1.29 is 4.79 Å². The highest BCUT2D eigenvalue weighted by molar-refractivity contribution is 5.91. The van der Waals surface area contributed by atoms with E-state index >= 15 is 0 Å². The second-order valence-electron chi connectivity index (χ2n) is 6.39. The minimum absolute atomic E-state index is 0.00452. The number of amides is 1. The molecule has 3 N–H and O–H groups in total. The average Bonchev–Trinajstić information content (AvgIpc) is 3.11. The van der Waals surface area contributed by atoms with Crippen LogP contribution in [-0.2, 0) is 4.79 Å². The molecule has 0 aromatic carbocycles. The van der Waals surface area contributed by atoms with Crippen molar-refractivity contribution in [2.24, 2.45) is 5.73 Å². The topological polar surface area (TPSA) is 71.2 Å². The quantitative estimate of drug-likeness (QED) is 0.891. The number of nitrogens with zero attached hydrogens (tertiary/aromatic N) is 2. The number of carbonyl (C=O) groups is 1. The van der Waals surface area contributed by atoms with Crippen LogP contribution < -0.4 is 16.0 Å². The van der Waals surface area contributed by atoms with E-state index in [1.807, 2.05) is 12.1 Å². The molecule has 1 aliphatic heterocycles. The third-order valence-electron chi connectivity index (χ3n) is 4.57. The van der Waals surface area contributed by atoms with Gasteiger partial charge in [-0.1, -0.05) is 12.8 Å². The first-order valence-electron chi connectivity index (χ1n) is 7.94. The third-order valence-corrected chi connectivity index (χ3v) is 4.57. The van der Waals surface area contributed by atoms with Gasteiger partial charge in [0, 0.05) is 25.0 Å². The summed E-state index contributed by atoms with van der Waals surface area (Å²) in [4.78, 5) is 18.8. The van der Waals surface area contributed by atoms with Gasteiger partial charge in [0.05, 0.1) is 11.9 Å². The summed E-state index contributed by atoms with van der Waals surface area (Å²) < 4.78 is 0. The van der Waals surface area contributed by atoms with E-state index in [9.17, 15) is 4.79 Å². The van der Waals surface area contributed by atoms with Crippen LogP contribution in [0, 0.1) is 0 Å². The van der Waals surface area contributed by atoms with Crippen molar-refractivity contribution in [1.82, 2.24) is 4.98 Å². The number of anilines is 2. The number of aromatic nitrogens is 1. The number of nitrogens with two attached hydrogens (primary N) is 1. The molecule has 1 saturated heterocycles. The van der Waals surface area contributed by atoms with Crippen molar-refractivity contribution in [2.75, 3.05) is 23.3 Å². The highest BCUT2D eigenvalue weighted by Gasteiger charge is 2.31. The number of pyridine rings is 1. The predicted octanol–water partition coefficient (Wildman–Crippen LogP) is 2.28. The summed E-state index contributed by atoms with van der Waals surface area (Å²) in [5.41, 5.74) is 6.69. The molecule has 2 aliphatic rings. The summed E-state index contributed by atoms with van der Waals surface area (Å²) in [6, 6.07) is 3.91. The fourth-order valence-corrected chi connectivity index (χ4v) is 3.37. The van der Waals surface area contributed by atoms with Gasteiger partial charge in [0.1, 0.15) is 5.82 Å². The smallest absolute Gasteiger partial charge is 0.226 e. The largest absolute Gasteiger partial charge is 0.357 e. The molecule has 1 amide bonds.